The minimum Gasteiger partial charge on any atom is -0.479 e. The van der Waals surface area contributed by atoms with E-state index in [2.05, 4.69) is 10.1 Å². The summed E-state index contributed by atoms with van der Waals surface area (Å²) < 4.78 is 9.97. The molecule has 1 atom stereocenters. The summed E-state index contributed by atoms with van der Waals surface area (Å²) in [6.45, 7) is 1.44. The van der Waals surface area contributed by atoms with Gasteiger partial charge in [0.15, 0.2) is 6.10 Å². The number of rotatable bonds is 5. The van der Waals surface area contributed by atoms with Gasteiger partial charge in [-0.25, -0.2) is 4.79 Å². The Kier molecular flexibility index (Phi) is 3.50. The first kappa shape index (κ1) is 11.7. The Hall–Kier alpha value is -1.73. The fourth-order valence-corrected chi connectivity index (χ4v) is 1.74. The number of nitrogens with zero attached hydrogens (tertiary/aromatic N) is 2. The summed E-state index contributed by atoms with van der Waals surface area (Å²) in [5.74, 6) is -0.272. The Morgan fingerprint density at radius 3 is 3.18 bits per heavy atom. The van der Waals surface area contributed by atoms with Gasteiger partial charge in [0.05, 0.1) is 4.88 Å². The maximum Gasteiger partial charge on any atom is 0.332 e. The molecule has 17 heavy (non-hydrogen) atoms. The predicted octanol–water partition coefficient (Wildman–Crippen LogP) is 1.79. The van der Waals surface area contributed by atoms with Crippen LogP contribution in [0.2, 0.25) is 0 Å². The molecule has 0 fully saturated rings. The van der Waals surface area contributed by atoms with Crippen LogP contribution in [-0.4, -0.2) is 27.3 Å². The average Bonchev–Trinajstić information content (AvgIpc) is 2.95. The molecule has 0 amide bonds. The fourth-order valence-electron chi connectivity index (χ4n) is 1.09. The third-order valence-corrected chi connectivity index (χ3v) is 2.88. The van der Waals surface area contributed by atoms with Crippen LogP contribution < -0.4 is 0 Å². The molecule has 2 aromatic rings. The number of carboxylic acid groups (broad SMARTS) is 1. The number of ether oxygens (including phenoxy) is 1. The van der Waals surface area contributed by atoms with Gasteiger partial charge in [0.2, 0.25) is 5.82 Å². The van der Waals surface area contributed by atoms with Crippen LogP contribution in [0.25, 0.3) is 10.7 Å². The van der Waals surface area contributed by atoms with Gasteiger partial charge < -0.3 is 14.4 Å². The zero-order chi connectivity index (χ0) is 12.3. The number of aromatic nitrogens is 2. The number of aliphatic carboxylic acids is 1. The van der Waals surface area contributed by atoms with E-state index in [4.69, 9.17) is 14.4 Å². The highest BCUT2D eigenvalue weighted by Gasteiger charge is 2.14. The van der Waals surface area contributed by atoms with Gasteiger partial charge in [-0.2, -0.15) is 4.98 Å². The topological polar surface area (TPSA) is 85.5 Å². The van der Waals surface area contributed by atoms with Crippen molar-refractivity contribution in [2.75, 3.05) is 0 Å². The molecule has 90 valence electrons. The van der Waals surface area contributed by atoms with Gasteiger partial charge in [0.25, 0.3) is 5.89 Å². The van der Waals surface area contributed by atoms with Crippen molar-refractivity contribution in [1.82, 2.24) is 10.1 Å². The summed E-state index contributed by atoms with van der Waals surface area (Å²) in [5.41, 5.74) is 0. The van der Waals surface area contributed by atoms with Crippen LogP contribution in [0, 0.1) is 0 Å². The molecule has 0 saturated carbocycles. The van der Waals surface area contributed by atoms with E-state index in [1.807, 2.05) is 17.5 Å². The SMILES string of the molecule is CC(OCc1nc(-c2cccs2)no1)C(=O)O. The molecule has 0 aliphatic carbocycles. The number of hydrogen-bond acceptors (Lipinski definition) is 6. The molecule has 0 aliphatic heterocycles. The highest BCUT2D eigenvalue weighted by Crippen LogP contribution is 2.21. The van der Waals surface area contributed by atoms with Gasteiger partial charge in [-0.3, -0.25) is 0 Å². The van der Waals surface area contributed by atoms with Crippen molar-refractivity contribution in [3.05, 3.63) is 23.4 Å². The van der Waals surface area contributed by atoms with Crippen LogP contribution in [0.5, 0.6) is 0 Å². The monoisotopic (exact) mass is 254 g/mol. The average molecular weight is 254 g/mol. The fraction of sp³-hybridized carbons (Fsp3) is 0.300. The summed E-state index contributed by atoms with van der Waals surface area (Å²) in [5, 5.41) is 14.3. The molecule has 0 bridgehead atoms. The Balaban J connectivity index is 1.97. The van der Waals surface area contributed by atoms with E-state index in [0.717, 1.165) is 4.88 Å². The molecular weight excluding hydrogens is 244 g/mol. The molecule has 0 aromatic carbocycles. The third-order valence-electron chi connectivity index (χ3n) is 2.01. The Morgan fingerprint density at radius 1 is 1.71 bits per heavy atom. The van der Waals surface area contributed by atoms with Gasteiger partial charge in [-0.05, 0) is 18.4 Å². The molecule has 1 unspecified atom stereocenters. The van der Waals surface area contributed by atoms with E-state index in [0.29, 0.717) is 5.82 Å². The first-order chi connectivity index (χ1) is 8.16. The highest BCUT2D eigenvalue weighted by atomic mass is 32.1. The maximum absolute atomic E-state index is 10.5. The molecular formula is C10H10N2O4S. The lowest BCUT2D eigenvalue weighted by atomic mass is 10.4. The van der Waals surface area contributed by atoms with E-state index in [1.54, 1.807) is 0 Å². The molecule has 2 heterocycles. The van der Waals surface area contributed by atoms with Crippen LogP contribution in [0.3, 0.4) is 0 Å². The van der Waals surface area contributed by atoms with Crippen molar-refractivity contribution in [2.24, 2.45) is 0 Å². The van der Waals surface area contributed by atoms with Crippen molar-refractivity contribution >= 4 is 17.3 Å². The zero-order valence-corrected chi connectivity index (χ0v) is 9.81. The molecule has 2 aromatic heterocycles. The number of carbonyl (C=O) groups is 1. The predicted molar refractivity (Wildman–Crippen MR) is 59.5 cm³/mol. The van der Waals surface area contributed by atoms with Gasteiger partial charge in [0.1, 0.15) is 6.61 Å². The van der Waals surface area contributed by atoms with E-state index in [-0.39, 0.29) is 12.5 Å². The van der Waals surface area contributed by atoms with E-state index >= 15 is 0 Å². The molecule has 0 spiro atoms. The van der Waals surface area contributed by atoms with E-state index in [1.165, 1.54) is 18.3 Å². The largest absolute Gasteiger partial charge is 0.479 e. The zero-order valence-electron chi connectivity index (χ0n) is 8.99. The molecule has 0 radical (unpaired) electrons. The van der Waals surface area contributed by atoms with Crippen molar-refractivity contribution in [3.8, 4) is 10.7 Å². The van der Waals surface area contributed by atoms with Gasteiger partial charge in [-0.15, -0.1) is 11.3 Å². The molecule has 0 aliphatic rings. The first-order valence-electron chi connectivity index (χ1n) is 4.87. The van der Waals surface area contributed by atoms with Crippen molar-refractivity contribution < 1.29 is 19.2 Å². The summed E-state index contributed by atoms with van der Waals surface area (Å²) in [4.78, 5) is 15.5. The Labute approximate surface area is 101 Å². The first-order valence-corrected chi connectivity index (χ1v) is 5.75. The number of hydrogen-bond donors (Lipinski definition) is 1. The second kappa shape index (κ2) is 5.07. The third kappa shape index (κ3) is 2.89. The Morgan fingerprint density at radius 2 is 2.53 bits per heavy atom. The van der Waals surface area contributed by atoms with E-state index in [9.17, 15) is 4.79 Å². The lowest BCUT2D eigenvalue weighted by Crippen LogP contribution is -2.19. The smallest absolute Gasteiger partial charge is 0.332 e. The summed E-state index contributed by atoms with van der Waals surface area (Å²) >= 11 is 1.50. The second-order valence-corrected chi connectivity index (χ2v) is 4.23. The van der Waals surface area contributed by atoms with E-state index < -0.39 is 12.1 Å². The van der Waals surface area contributed by atoms with Gasteiger partial charge in [-0.1, -0.05) is 11.2 Å². The summed E-state index contributed by atoms with van der Waals surface area (Å²) in [6, 6.07) is 3.76. The normalized spacial score (nSPS) is 12.5. The number of carboxylic acids is 1. The van der Waals surface area contributed by atoms with Crippen LogP contribution in [0.1, 0.15) is 12.8 Å². The van der Waals surface area contributed by atoms with Gasteiger partial charge >= 0.3 is 5.97 Å². The lowest BCUT2D eigenvalue weighted by Gasteiger charge is -2.04. The van der Waals surface area contributed by atoms with Crippen molar-refractivity contribution in [2.45, 2.75) is 19.6 Å². The minimum absolute atomic E-state index is 0.00809. The number of thiophene rings is 1. The van der Waals surface area contributed by atoms with Crippen LogP contribution in [0.4, 0.5) is 0 Å². The summed E-state index contributed by atoms with van der Waals surface area (Å²) in [6.07, 6.45) is -0.896. The molecule has 0 saturated heterocycles. The quantitative estimate of drug-likeness (QED) is 0.875. The van der Waals surface area contributed by atoms with Crippen molar-refractivity contribution in [1.29, 1.82) is 0 Å². The van der Waals surface area contributed by atoms with Crippen LogP contribution in [0.15, 0.2) is 22.0 Å². The molecule has 7 heteroatoms. The molecule has 6 nitrogen and oxygen atoms in total. The highest BCUT2D eigenvalue weighted by molar-refractivity contribution is 7.13. The lowest BCUT2D eigenvalue weighted by molar-refractivity contribution is -0.150. The summed E-state index contributed by atoms with van der Waals surface area (Å²) in [7, 11) is 0. The van der Waals surface area contributed by atoms with Crippen LogP contribution >= 0.6 is 11.3 Å². The molecule has 1 N–H and O–H groups in total. The van der Waals surface area contributed by atoms with Crippen molar-refractivity contribution in [3.63, 3.8) is 0 Å². The van der Waals surface area contributed by atoms with Crippen LogP contribution in [-0.2, 0) is 16.1 Å². The maximum atomic E-state index is 10.5. The standard InChI is InChI=1S/C10H10N2O4S/c1-6(10(13)14)15-5-8-11-9(12-16-8)7-3-2-4-17-7/h2-4,6H,5H2,1H3,(H,13,14). The minimum atomic E-state index is -1.03. The molecule has 2 rings (SSSR count). The Bertz CT molecular complexity index is 494. The van der Waals surface area contributed by atoms with Gasteiger partial charge in [0, 0.05) is 0 Å². The second-order valence-electron chi connectivity index (χ2n) is 3.28.